The first-order chi connectivity index (χ1) is 13.8. The molecule has 1 atom stereocenters. The molecule has 0 aromatic carbocycles. The van der Waals surface area contributed by atoms with Crippen LogP contribution in [0.4, 0.5) is 0 Å². The van der Waals surface area contributed by atoms with Crippen molar-refractivity contribution >= 4 is 10.4 Å². The fourth-order valence-electron chi connectivity index (χ4n) is 3.35. The van der Waals surface area contributed by atoms with Crippen LogP contribution in [0.2, 0.25) is 0 Å². The van der Waals surface area contributed by atoms with Crippen molar-refractivity contribution < 1.29 is 22.6 Å². The Kier molecular flexibility index (Phi) is 17.3. The summed E-state index contributed by atoms with van der Waals surface area (Å²) in [6, 6.07) is 0. The highest BCUT2D eigenvalue weighted by Crippen LogP contribution is 2.14. The topological polar surface area (TPSA) is 113 Å². The first-order valence-electron chi connectivity index (χ1n) is 11.1. The summed E-state index contributed by atoms with van der Waals surface area (Å²) in [5.74, 6) is 0.796. The molecule has 8 heteroatoms. The molecule has 0 aliphatic carbocycles. The van der Waals surface area contributed by atoms with Gasteiger partial charge in [-0.2, -0.15) is 8.42 Å². The maximum absolute atomic E-state index is 9.63. The monoisotopic (exact) mass is 434 g/mol. The number of unbranched alkanes of at least 4 members (excludes halogenated alkanes) is 13. The summed E-state index contributed by atoms with van der Waals surface area (Å²) < 4.78 is 33.7. The quantitative estimate of drug-likeness (QED) is 0.225. The Morgan fingerprint density at radius 1 is 0.862 bits per heavy atom. The molecular weight excluding hydrogens is 392 g/mol. The summed E-state index contributed by atoms with van der Waals surface area (Å²) in [7, 11) is -4.67. The van der Waals surface area contributed by atoms with Crippen molar-refractivity contribution in [3.05, 3.63) is 18.2 Å². The minimum Gasteiger partial charge on any atom is -0.385 e. The summed E-state index contributed by atoms with van der Waals surface area (Å²) >= 11 is 0. The maximum atomic E-state index is 9.63. The van der Waals surface area contributed by atoms with Gasteiger partial charge in [0.05, 0.1) is 0 Å². The number of nitrogens with zero attached hydrogens (tertiary/aromatic N) is 2. The average molecular weight is 435 g/mol. The number of aromatic nitrogens is 2. The van der Waals surface area contributed by atoms with Crippen molar-refractivity contribution in [1.29, 1.82) is 0 Å². The van der Waals surface area contributed by atoms with Crippen LogP contribution in [0.3, 0.4) is 0 Å². The van der Waals surface area contributed by atoms with Crippen LogP contribution < -0.4 is 0 Å². The van der Waals surface area contributed by atoms with E-state index in [1.165, 1.54) is 89.9 Å². The lowest BCUT2D eigenvalue weighted by molar-refractivity contribution is 0.183. The van der Waals surface area contributed by atoms with E-state index >= 15 is 0 Å². The Morgan fingerprint density at radius 3 is 1.62 bits per heavy atom. The van der Waals surface area contributed by atoms with E-state index in [0.29, 0.717) is 0 Å². The predicted molar refractivity (Wildman–Crippen MR) is 117 cm³/mol. The third kappa shape index (κ3) is 20.1. The van der Waals surface area contributed by atoms with Gasteiger partial charge in [-0.05, 0) is 13.3 Å². The Labute approximate surface area is 177 Å². The van der Waals surface area contributed by atoms with Crippen LogP contribution in [0.5, 0.6) is 0 Å². The molecule has 1 unspecified atom stereocenters. The molecule has 0 saturated heterocycles. The van der Waals surface area contributed by atoms with E-state index in [0.717, 1.165) is 12.4 Å². The number of aliphatic hydroxyl groups excluding tert-OH is 1. The van der Waals surface area contributed by atoms with E-state index in [1.807, 2.05) is 6.20 Å². The van der Waals surface area contributed by atoms with Crippen molar-refractivity contribution in [1.82, 2.24) is 9.55 Å². The zero-order valence-corrected chi connectivity index (χ0v) is 19.1. The van der Waals surface area contributed by atoms with Crippen LogP contribution in [0, 0.1) is 0 Å². The molecule has 1 heterocycles. The molecule has 0 saturated carbocycles. The van der Waals surface area contributed by atoms with E-state index in [9.17, 15) is 5.11 Å². The number of aryl methyl sites for hydroxylation is 1. The molecule has 0 bridgehead atoms. The smallest absolute Gasteiger partial charge is 0.385 e. The minimum atomic E-state index is -4.67. The summed E-state index contributed by atoms with van der Waals surface area (Å²) in [4.78, 5) is 4.21. The molecule has 1 aromatic heterocycles. The van der Waals surface area contributed by atoms with Crippen LogP contribution in [-0.2, 0) is 16.9 Å². The lowest BCUT2D eigenvalue weighted by Crippen LogP contribution is -2.06. The van der Waals surface area contributed by atoms with E-state index in [1.54, 1.807) is 13.1 Å². The third-order valence-corrected chi connectivity index (χ3v) is 4.87. The number of hydrogen-bond donors (Lipinski definition) is 3. The fourth-order valence-corrected chi connectivity index (χ4v) is 3.35. The molecular formula is C21H42N2O5S. The molecule has 0 spiro atoms. The summed E-state index contributed by atoms with van der Waals surface area (Å²) in [6.07, 6.45) is 22.7. The Morgan fingerprint density at radius 2 is 1.24 bits per heavy atom. The summed E-state index contributed by atoms with van der Waals surface area (Å²) in [5, 5.41) is 9.63. The van der Waals surface area contributed by atoms with Gasteiger partial charge in [0, 0.05) is 18.9 Å². The van der Waals surface area contributed by atoms with Crippen molar-refractivity contribution in [3.8, 4) is 0 Å². The molecule has 0 fully saturated rings. The molecule has 0 aliphatic rings. The van der Waals surface area contributed by atoms with Crippen LogP contribution in [0.1, 0.15) is 116 Å². The number of imidazole rings is 1. The molecule has 1 aromatic rings. The fraction of sp³-hybridized carbons (Fsp3) is 0.857. The molecule has 0 aliphatic heterocycles. The average Bonchev–Trinajstić information content (AvgIpc) is 3.09. The van der Waals surface area contributed by atoms with Gasteiger partial charge >= 0.3 is 10.4 Å². The van der Waals surface area contributed by atoms with E-state index < -0.39 is 16.5 Å². The van der Waals surface area contributed by atoms with Crippen LogP contribution in [-0.4, -0.2) is 32.2 Å². The Bertz CT molecular complexity index is 580. The third-order valence-electron chi connectivity index (χ3n) is 4.87. The zero-order chi connectivity index (χ0) is 22.0. The van der Waals surface area contributed by atoms with Gasteiger partial charge in [-0.1, -0.05) is 90.4 Å². The van der Waals surface area contributed by atoms with E-state index in [2.05, 4.69) is 16.5 Å². The second kappa shape index (κ2) is 17.9. The lowest BCUT2D eigenvalue weighted by Gasteiger charge is -2.09. The minimum absolute atomic E-state index is 0.466. The van der Waals surface area contributed by atoms with Gasteiger partial charge < -0.3 is 9.67 Å². The van der Waals surface area contributed by atoms with E-state index in [-0.39, 0.29) is 0 Å². The highest BCUT2D eigenvalue weighted by atomic mass is 32.3. The molecule has 29 heavy (non-hydrogen) atoms. The van der Waals surface area contributed by atoms with Gasteiger partial charge in [-0.15, -0.1) is 0 Å². The van der Waals surface area contributed by atoms with Gasteiger partial charge in [0.15, 0.2) is 0 Å². The molecule has 0 amide bonds. The number of aliphatic hydroxyl groups is 1. The van der Waals surface area contributed by atoms with E-state index in [4.69, 9.17) is 17.5 Å². The molecule has 1 rings (SSSR count). The SMILES string of the molecule is CCCCCCCCCCCCCCCCn1ccnc1C(C)O.O=S(=O)(O)O. The predicted octanol–water partition coefficient (Wildman–Crippen LogP) is 5.76. The normalized spacial score (nSPS) is 12.4. The second-order valence-corrected chi connectivity index (χ2v) is 8.59. The van der Waals surface area contributed by atoms with Crippen LogP contribution >= 0.6 is 0 Å². The van der Waals surface area contributed by atoms with Gasteiger partial charge in [0.2, 0.25) is 0 Å². The van der Waals surface area contributed by atoms with Gasteiger partial charge in [-0.3, -0.25) is 9.11 Å². The van der Waals surface area contributed by atoms with Crippen molar-refractivity contribution in [2.24, 2.45) is 0 Å². The highest BCUT2D eigenvalue weighted by Gasteiger charge is 2.07. The first-order valence-corrected chi connectivity index (χ1v) is 12.5. The van der Waals surface area contributed by atoms with Gasteiger partial charge in [0.1, 0.15) is 11.9 Å². The first kappa shape index (κ1) is 28.0. The van der Waals surface area contributed by atoms with Crippen LogP contribution in [0.15, 0.2) is 12.4 Å². The lowest BCUT2D eigenvalue weighted by atomic mass is 10.0. The van der Waals surface area contributed by atoms with Crippen LogP contribution in [0.25, 0.3) is 0 Å². The highest BCUT2D eigenvalue weighted by molar-refractivity contribution is 7.79. The van der Waals surface area contributed by atoms with Gasteiger partial charge in [0.25, 0.3) is 0 Å². The van der Waals surface area contributed by atoms with Crippen molar-refractivity contribution in [2.75, 3.05) is 0 Å². The molecule has 172 valence electrons. The summed E-state index contributed by atoms with van der Waals surface area (Å²) in [5.41, 5.74) is 0. The van der Waals surface area contributed by atoms with Crippen molar-refractivity contribution in [3.63, 3.8) is 0 Å². The molecule has 0 radical (unpaired) electrons. The zero-order valence-electron chi connectivity index (χ0n) is 18.3. The Hall–Kier alpha value is -0.960. The summed E-state index contributed by atoms with van der Waals surface area (Å²) in [6.45, 7) is 5.05. The number of rotatable bonds is 16. The van der Waals surface area contributed by atoms with Gasteiger partial charge in [-0.25, -0.2) is 4.98 Å². The second-order valence-electron chi connectivity index (χ2n) is 7.70. The largest absolute Gasteiger partial charge is 0.394 e. The molecule has 3 N–H and O–H groups in total. The molecule has 7 nitrogen and oxygen atoms in total. The maximum Gasteiger partial charge on any atom is 0.394 e. The Balaban J connectivity index is 0.00000139. The van der Waals surface area contributed by atoms with Crippen molar-refractivity contribution in [2.45, 2.75) is 116 Å². The number of hydrogen-bond acceptors (Lipinski definition) is 4. The standard InChI is InChI=1S/C21H40N2O.H2O4S/c1-3-4-5-6-7-8-9-10-11-12-13-14-15-16-18-23-19-17-22-21(23)20(2)24;1-5(2,3)4/h17,19-20,24H,3-16,18H2,1-2H3;(H2,1,2,3,4).